The van der Waals surface area contributed by atoms with Crippen molar-refractivity contribution in [2.75, 3.05) is 13.2 Å². The second-order valence-electron chi connectivity index (χ2n) is 4.23. The van der Waals surface area contributed by atoms with Gasteiger partial charge in [0.2, 0.25) is 0 Å². The van der Waals surface area contributed by atoms with Crippen LogP contribution in [0.25, 0.3) is 0 Å². The molecule has 0 saturated carbocycles. The molecule has 0 spiro atoms. The third-order valence-electron chi connectivity index (χ3n) is 2.77. The highest BCUT2D eigenvalue weighted by Gasteiger charge is 2.20. The minimum Gasteiger partial charge on any atom is -0.480 e. The van der Waals surface area contributed by atoms with E-state index in [-0.39, 0.29) is 6.61 Å². The van der Waals surface area contributed by atoms with Gasteiger partial charge in [-0.3, -0.25) is 0 Å². The number of unbranched alkanes of at least 4 members (excludes halogenated alkanes) is 1. The van der Waals surface area contributed by atoms with Crippen LogP contribution in [0.1, 0.15) is 39.5 Å². The molecular weight excluding hydrogens is 238 g/mol. The summed E-state index contributed by atoms with van der Waals surface area (Å²) in [4.78, 5) is 21.9. The smallest absolute Gasteiger partial charge is 0.407 e. The predicted octanol–water partition coefficient (Wildman–Crippen LogP) is 1.37. The number of aliphatic hydroxyl groups is 1. The van der Waals surface area contributed by atoms with Crippen LogP contribution in [0.3, 0.4) is 0 Å². The van der Waals surface area contributed by atoms with E-state index in [2.05, 4.69) is 12.2 Å². The molecule has 0 aromatic carbocycles. The number of carbonyl (C=O) groups excluding carboxylic acids is 1. The molecule has 0 rings (SSSR count). The number of amides is 1. The van der Waals surface area contributed by atoms with Crippen LogP contribution in [-0.2, 0) is 9.53 Å². The Morgan fingerprint density at radius 1 is 1.33 bits per heavy atom. The SMILES string of the molecule is CCCCC(CC)COC(=O)N[C@@H](CO)C(=O)O. The molecule has 0 saturated heterocycles. The number of carboxylic acids is 1. The zero-order chi connectivity index (χ0) is 14.0. The van der Waals surface area contributed by atoms with E-state index < -0.39 is 24.7 Å². The van der Waals surface area contributed by atoms with Crippen LogP contribution in [0.5, 0.6) is 0 Å². The third kappa shape index (κ3) is 7.11. The molecule has 1 unspecified atom stereocenters. The molecule has 0 fully saturated rings. The highest BCUT2D eigenvalue weighted by Crippen LogP contribution is 2.12. The molecule has 0 aromatic rings. The lowest BCUT2D eigenvalue weighted by molar-refractivity contribution is -0.140. The fourth-order valence-corrected chi connectivity index (χ4v) is 1.46. The number of ether oxygens (including phenoxy) is 1. The van der Waals surface area contributed by atoms with Gasteiger partial charge in [0.15, 0.2) is 6.04 Å². The van der Waals surface area contributed by atoms with E-state index in [0.717, 1.165) is 25.7 Å². The van der Waals surface area contributed by atoms with Crippen molar-refractivity contribution in [3.8, 4) is 0 Å². The molecule has 0 aliphatic carbocycles. The summed E-state index contributed by atoms with van der Waals surface area (Å²) in [6.07, 6.45) is 3.27. The first-order chi connectivity index (χ1) is 8.54. The van der Waals surface area contributed by atoms with Crippen molar-refractivity contribution in [2.45, 2.75) is 45.6 Å². The quantitative estimate of drug-likeness (QED) is 0.582. The van der Waals surface area contributed by atoms with Crippen LogP contribution in [0.4, 0.5) is 4.79 Å². The zero-order valence-electron chi connectivity index (χ0n) is 11.0. The van der Waals surface area contributed by atoms with Crippen molar-refractivity contribution < 1.29 is 24.5 Å². The van der Waals surface area contributed by atoms with Crippen LogP contribution < -0.4 is 5.32 Å². The lowest BCUT2D eigenvalue weighted by Gasteiger charge is -2.16. The lowest BCUT2D eigenvalue weighted by Crippen LogP contribution is -2.43. The number of hydrogen-bond donors (Lipinski definition) is 3. The summed E-state index contributed by atoms with van der Waals surface area (Å²) in [5, 5.41) is 19.5. The van der Waals surface area contributed by atoms with Gasteiger partial charge in [-0.05, 0) is 12.3 Å². The van der Waals surface area contributed by atoms with Gasteiger partial charge in [0.25, 0.3) is 0 Å². The molecule has 0 bridgehead atoms. The molecule has 18 heavy (non-hydrogen) atoms. The minimum atomic E-state index is -1.31. The van der Waals surface area contributed by atoms with Crippen molar-refractivity contribution in [2.24, 2.45) is 5.92 Å². The summed E-state index contributed by atoms with van der Waals surface area (Å²) in [7, 11) is 0. The first-order valence-electron chi connectivity index (χ1n) is 6.32. The van der Waals surface area contributed by atoms with Crippen molar-refractivity contribution >= 4 is 12.1 Å². The average molecular weight is 261 g/mol. The van der Waals surface area contributed by atoms with Gasteiger partial charge >= 0.3 is 12.1 Å². The Morgan fingerprint density at radius 3 is 2.44 bits per heavy atom. The monoisotopic (exact) mass is 261 g/mol. The molecule has 0 heterocycles. The second kappa shape index (κ2) is 9.70. The minimum absolute atomic E-state index is 0.278. The lowest BCUT2D eigenvalue weighted by atomic mass is 10.0. The Balaban J connectivity index is 3.96. The van der Waals surface area contributed by atoms with Crippen LogP contribution in [0.2, 0.25) is 0 Å². The molecule has 0 radical (unpaired) electrons. The van der Waals surface area contributed by atoms with E-state index in [1.54, 1.807) is 0 Å². The molecular formula is C12H23NO5. The first-order valence-corrected chi connectivity index (χ1v) is 6.32. The highest BCUT2D eigenvalue weighted by atomic mass is 16.5. The fraction of sp³-hybridized carbons (Fsp3) is 0.833. The summed E-state index contributed by atoms with van der Waals surface area (Å²) >= 11 is 0. The van der Waals surface area contributed by atoms with Gasteiger partial charge in [0.05, 0.1) is 13.2 Å². The number of alkyl carbamates (subject to hydrolysis) is 1. The van der Waals surface area contributed by atoms with Crippen LogP contribution >= 0.6 is 0 Å². The third-order valence-corrected chi connectivity index (χ3v) is 2.77. The van der Waals surface area contributed by atoms with Crippen LogP contribution in [0, 0.1) is 5.92 Å². The zero-order valence-corrected chi connectivity index (χ0v) is 11.0. The molecule has 2 atom stereocenters. The Morgan fingerprint density at radius 2 is 2.00 bits per heavy atom. The van der Waals surface area contributed by atoms with Crippen molar-refractivity contribution in [1.82, 2.24) is 5.32 Å². The number of hydrogen-bond acceptors (Lipinski definition) is 4. The molecule has 3 N–H and O–H groups in total. The average Bonchev–Trinajstić information content (AvgIpc) is 2.35. The topological polar surface area (TPSA) is 95.9 Å². The number of carboxylic acid groups (broad SMARTS) is 1. The van der Waals surface area contributed by atoms with E-state index in [9.17, 15) is 9.59 Å². The van der Waals surface area contributed by atoms with Gasteiger partial charge in [-0.25, -0.2) is 9.59 Å². The van der Waals surface area contributed by atoms with Gasteiger partial charge in [0.1, 0.15) is 0 Å². The standard InChI is InChI=1S/C12H23NO5/c1-3-5-6-9(4-2)8-18-12(17)13-10(7-14)11(15)16/h9-10,14H,3-8H2,1-2H3,(H,13,17)(H,15,16)/t9?,10-/m0/s1. The van der Waals surface area contributed by atoms with Gasteiger partial charge < -0.3 is 20.3 Å². The van der Waals surface area contributed by atoms with Gasteiger partial charge in [-0.2, -0.15) is 0 Å². The van der Waals surface area contributed by atoms with Gasteiger partial charge in [-0.15, -0.1) is 0 Å². The largest absolute Gasteiger partial charge is 0.480 e. The maximum atomic E-state index is 11.3. The Labute approximate surface area is 107 Å². The number of carbonyl (C=O) groups is 2. The van der Waals surface area contributed by atoms with Crippen molar-refractivity contribution in [3.63, 3.8) is 0 Å². The number of rotatable bonds is 9. The maximum Gasteiger partial charge on any atom is 0.407 e. The van der Waals surface area contributed by atoms with E-state index >= 15 is 0 Å². The summed E-state index contributed by atoms with van der Waals surface area (Å²) in [5.41, 5.74) is 0. The maximum absolute atomic E-state index is 11.3. The Kier molecular flexibility index (Phi) is 9.00. The second-order valence-corrected chi connectivity index (χ2v) is 4.23. The van der Waals surface area contributed by atoms with E-state index in [4.69, 9.17) is 14.9 Å². The number of aliphatic hydroxyl groups excluding tert-OH is 1. The van der Waals surface area contributed by atoms with E-state index in [1.807, 2.05) is 6.92 Å². The Hall–Kier alpha value is -1.30. The van der Waals surface area contributed by atoms with Crippen LogP contribution in [-0.4, -0.2) is 41.5 Å². The molecule has 106 valence electrons. The summed E-state index contributed by atoms with van der Waals surface area (Å²) in [5.74, 6) is -0.986. The summed E-state index contributed by atoms with van der Waals surface area (Å²) < 4.78 is 4.95. The molecule has 6 heteroatoms. The molecule has 1 amide bonds. The number of nitrogens with one attached hydrogen (secondary N) is 1. The molecule has 0 aliphatic heterocycles. The highest BCUT2D eigenvalue weighted by molar-refractivity contribution is 5.79. The van der Waals surface area contributed by atoms with E-state index in [1.165, 1.54) is 0 Å². The van der Waals surface area contributed by atoms with E-state index in [0.29, 0.717) is 5.92 Å². The van der Waals surface area contributed by atoms with Gasteiger partial charge in [-0.1, -0.05) is 33.1 Å². The van der Waals surface area contributed by atoms with Crippen molar-refractivity contribution in [1.29, 1.82) is 0 Å². The number of aliphatic carboxylic acids is 1. The molecule has 0 aromatic heterocycles. The predicted molar refractivity (Wildman–Crippen MR) is 66.3 cm³/mol. The Bertz CT molecular complexity index is 257. The van der Waals surface area contributed by atoms with Crippen LogP contribution in [0.15, 0.2) is 0 Å². The molecule has 0 aliphatic rings. The first kappa shape index (κ1) is 16.7. The summed E-state index contributed by atoms with van der Waals surface area (Å²) in [6, 6.07) is -1.31. The van der Waals surface area contributed by atoms with Gasteiger partial charge in [0, 0.05) is 0 Å². The fourth-order valence-electron chi connectivity index (χ4n) is 1.46. The van der Waals surface area contributed by atoms with Crippen molar-refractivity contribution in [3.05, 3.63) is 0 Å². The normalized spacial score (nSPS) is 13.7. The summed E-state index contributed by atoms with van der Waals surface area (Å²) in [6.45, 7) is 3.74. The molecule has 6 nitrogen and oxygen atoms in total.